The molecule has 1 aromatic heterocycles. The first-order valence-electron chi connectivity index (χ1n) is 3.99. The third-order valence-electron chi connectivity index (χ3n) is 1.44. The van der Waals surface area contributed by atoms with Crippen molar-refractivity contribution in [2.45, 2.75) is 26.4 Å². The molecule has 0 bridgehead atoms. The van der Waals surface area contributed by atoms with Crippen molar-refractivity contribution in [3.8, 4) is 0 Å². The molecule has 11 heavy (non-hydrogen) atoms. The van der Waals surface area contributed by atoms with Crippen LogP contribution >= 0.6 is 0 Å². The fraction of sp³-hybridized carbons (Fsp3) is 0.625. The van der Waals surface area contributed by atoms with Crippen LogP contribution in [0.4, 0.5) is 0 Å². The van der Waals surface area contributed by atoms with Crippen molar-refractivity contribution >= 4 is 0 Å². The van der Waals surface area contributed by atoms with E-state index >= 15 is 0 Å². The van der Waals surface area contributed by atoms with Crippen molar-refractivity contribution in [3.63, 3.8) is 0 Å². The molecule has 0 saturated carbocycles. The second-order valence-corrected chi connectivity index (χ2v) is 2.44. The molecule has 0 spiro atoms. The van der Waals surface area contributed by atoms with Crippen LogP contribution in [0.15, 0.2) is 12.4 Å². The first kappa shape index (κ1) is 8.27. The van der Waals surface area contributed by atoms with Crippen molar-refractivity contribution < 1.29 is 4.74 Å². The molecule has 0 radical (unpaired) electrons. The predicted molar refractivity (Wildman–Crippen MR) is 43.2 cm³/mol. The second kappa shape index (κ2) is 4.91. The van der Waals surface area contributed by atoms with Crippen molar-refractivity contribution in [3.05, 3.63) is 18.2 Å². The zero-order valence-corrected chi connectivity index (χ0v) is 6.84. The molecule has 3 heteroatoms. The number of H-pyrrole nitrogens is 1. The fourth-order valence-electron chi connectivity index (χ4n) is 0.792. The minimum Gasteiger partial charge on any atom is -0.374 e. The van der Waals surface area contributed by atoms with Crippen LogP contribution in [0.3, 0.4) is 0 Å². The summed E-state index contributed by atoms with van der Waals surface area (Å²) >= 11 is 0. The maximum Gasteiger partial charge on any atom is 0.132 e. The second-order valence-electron chi connectivity index (χ2n) is 2.44. The summed E-state index contributed by atoms with van der Waals surface area (Å²) in [5.41, 5.74) is 0. The minimum absolute atomic E-state index is 0.604. The number of imidazole rings is 1. The van der Waals surface area contributed by atoms with Crippen LogP contribution in [0.25, 0.3) is 0 Å². The molecule has 1 aromatic rings. The van der Waals surface area contributed by atoms with E-state index in [1.165, 1.54) is 6.42 Å². The molecule has 1 rings (SSSR count). The molecule has 1 heterocycles. The largest absolute Gasteiger partial charge is 0.374 e. The molecule has 0 fully saturated rings. The number of ether oxygens (including phenoxy) is 1. The molecule has 0 aliphatic heterocycles. The zero-order chi connectivity index (χ0) is 7.94. The Morgan fingerprint density at radius 2 is 2.55 bits per heavy atom. The Kier molecular flexibility index (Phi) is 3.69. The van der Waals surface area contributed by atoms with Crippen molar-refractivity contribution in [2.75, 3.05) is 6.61 Å². The normalized spacial score (nSPS) is 10.3. The number of hydrogen-bond acceptors (Lipinski definition) is 2. The van der Waals surface area contributed by atoms with E-state index in [4.69, 9.17) is 4.74 Å². The highest BCUT2D eigenvalue weighted by Crippen LogP contribution is 1.94. The number of aromatic amines is 1. The maximum atomic E-state index is 5.32. The highest BCUT2D eigenvalue weighted by atomic mass is 16.5. The van der Waals surface area contributed by atoms with E-state index in [2.05, 4.69) is 16.9 Å². The number of nitrogens with zero attached hydrogens (tertiary/aromatic N) is 1. The Labute approximate surface area is 66.8 Å². The van der Waals surface area contributed by atoms with Crippen molar-refractivity contribution in [1.29, 1.82) is 0 Å². The van der Waals surface area contributed by atoms with Gasteiger partial charge in [-0.25, -0.2) is 4.98 Å². The highest BCUT2D eigenvalue weighted by molar-refractivity contribution is 4.83. The van der Waals surface area contributed by atoms with Gasteiger partial charge in [0, 0.05) is 19.0 Å². The quantitative estimate of drug-likeness (QED) is 0.656. The summed E-state index contributed by atoms with van der Waals surface area (Å²) in [5, 5.41) is 0. The van der Waals surface area contributed by atoms with Crippen molar-refractivity contribution in [2.24, 2.45) is 0 Å². The lowest BCUT2D eigenvalue weighted by molar-refractivity contribution is 0.113. The SMILES string of the molecule is CCCCOCc1ncc[nH]1. The predicted octanol–water partition coefficient (Wildman–Crippen LogP) is 1.73. The van der Waals surface area contributed by atoms with Crippen LogP contribution in [0.5, 0.6) is 0 Å². The van der Waals surface area contributed by atoms with E-state index in [0.717, 1.165) is 18.9 Å². The molecule has 0 atom stereocenters. The van der Waals surface area contributed by atoms with Crippen LogP contribution in [-0.4, -0.2) is 16.6 Å². The monoisotopic (exact) mass is 154 g/mol. The fourth-order valence-corrected chi connectivity index (χ4v) is 0.792. The average molecular weight is 154 g/mol. The molecule has 3 nitrogen and oxygen atoms in total. The molecule has 1 N–H and O–H groups in total. The van der Waals surface area contributed by atoms with Gasteiger partial charge in [0.1, 0.15) is 12.4 Å². The first-order valence-corrected chi connectivity index (χ1v) is 3.99. The van der Waals surface area contributed by atoms with Gasteiger partial charge in [0.2, 0.25) is 0 Å². The topological polar surface area (TPSA) is 37.9 Å². The summed E-state index contributed by atoms with van der Waals surface area (Å²) in [6, 6.07) is 0. The number of unbranched alkanes of at least 4 members (excludes halogenated alkanes) is 1. The summed E-state index contributed by atoms with van der Waals surface area (Å²) < 4.78 is 5.32. The summed E-state index contributed by atoms with van der Waals surface area (Å²) in [4.78, 5) is 7.01. The molecule has 0 amide bonds. The average Bonchev–Trinajstić information content (AvgIpc) is 2.50. The van der Waals surface area contributed by atoms with E-state index in [9.17, 15) is 0 Å². The van der Waals surface area contributed by atoms with Crippen LogP contribution in [-0.2, 0) is 11.3 Å². The maximum absolute atomic E-state index is 5.32. The van der Waals surface area contributed by atoms with Gasteiger partial charge in [-0.1, -0.05) is 13.3 Å². The third-order valence-corrected chi connectivity index (χ3v) is 1.44. The molecule has 0 aliphatic rings. The number of hydrogen-bond donors (Lipinski definition) is 1. The van der Waals surface area contributed by atoms with Gasteiger partial charge in [-0.15, -0.1) is 0 Å². The minimum atomic E-state index is 0.604. The Bertz CT molecular complexity index is 172. The Morgan fingerprint density at radius 3 is 3.18 bits per heavy atom. The highest BCUT2D eigenvalue weighted by Gasteiger charge is 1.92. The third kappa shape index (κ3) is 3.18. The zero-order valence-electron chi connectivity index (χ0n) is 6.84. The Balaban J connectivity index is 2.04. The van der Waals surface area contributed by atoms with E-state index < -0.39 is 0 Å². The number of aromatic nitrogens is 2. The van der Waals surface area contributed by atoms with Gasteiger partial charge in [-0.05, 0) is 6.42 Å². The Hall–Kier alpha value is -0.830. The lowest BCUT2D eigenvalue weighted by Crippen LogP contribution is -1.96. The van der Waals surface area contributed by atoms with Crippen LogP contribution < -0.4 is 0 Å². The number of rotatable bonds is 5. The van der Waals surface area contributed by atoms with Gasteiger partial charge < -0.3 is 9.72 Å². The lowest BCUT2D eigenvalue weighted by atomic mass is 10.4. The van der Waals surface area contributed by atoms with E-state index in [1.807, 2.05) is 0 Å². The molecular weight excluding hydrogens is 140 g/mol. The Morgan fingerprint density at radius 1 is 1.64 bits per heavy atom. The molecule has 0 aliphatic carbocycles. The lowest BCUT2D eigenvalue weighted by Gasteiger charge is -1.98. The summed E-state index contributed by atoms with van der Waals surface area (Å²) in [6.07, 6.45) is 5.84. The number of nitrogens with one attached hydrogen (secondary N) is 1. The van der Waals surface area contributed by atoms with Gasteiger partial charge in [0.25, 0.3) is 0 Å². The molecule has 0 saturated heterocycles. The van der Waals surface area contributed by atoms with E-state index in [0.29, 0.717) is 6.61 Å². The van der Waals surface area contributed by atoms with Gasteiger partial charge in [0.15, 0.2) is 0 Å². The van der Waals surface area contributed by atoms with Crippen LogP contribution in [0.1, 0.15) is 25.6 Å². The van der Waals surface area contributed by atoms with Crippen molar-refractivity contribution in [1.82, 2.24) is 9.97 Å². The molecular formula is C8H14N2O. The molecule has 62 valence electrons. The van der Waals surface area contributed by atoms with Crippen LogP contribution in [0, 0.1) is 0 Å². The van der Waals surface area contributed by atoms with E-state index in [1.54, 1.807) is 12.4 Å². The van der Waals surface area contributed by atoms with Gasteiger partial charge in [-0.2, -0.15) is 0 Å². The standard InChI is InChI=1S/C8H14N2O/c1-2-3-6-11-7-8-9-4-5-10-8/h4-5H,2-3,6-7H2,1H3,(H,9,10). The summed E-state index contributed by atoms with van der Waals surface area (Å²) in [5.74, 6) is 0.904. The van der Waals surface area contributed by atoms with Crippen LogP contribution in [0.2, 0.25) is 0 Å². The summed E-state index contributed by atoms with van der Waals surface area (Å²) in [6.45, 7) is 3.58. The first-order chi connectivity index (χ1) is 5.43. The summed E-state index contributed by atoms with van der Waals surface area (Å²) in [7, 11) is 0. The van der Waals surface area contributed by atoms with Gasteiger partial charge >= 0.3 is 0 Å². The van der Waals surface area contributed by atoms with Gasteiger partial charge in [0.05, 0.1) is 0 Å². The molecule has 0 unspecified atom stereocenters. The smallest absolute Gasteiger partial charge is 0.132 e. The molecule has 0 aromatic carbocycles. The van der Waals surface area contributed by atoms with E-state index in [-0.39, 0.29) is 0 Å². The van der Waals surface area contributed by atoms with Gasteiger partial charge in [-0.3, -0.25) is 0 Å².